The minimum atomic E-state index is -3.85. The lowest BCUT2D eigenvalue weighted by atomic mass is 10.2. The first-order valence-electron chi connectivity index (χ1n) is 9.10. The fourth-order valence-corrected chi connectivity index (χ4v) is 4.44. The first-order chi connectivity index (χ1) is 14.5. The Labute approximate surface area is 191 Å². The van der Waals surface area contributed by atoms with E-state index in [-0.39, 0.29) is 33.6 Å². The molecule has 1 N–H and O–H groups in total. The van der Waals surface area contributed by atoms with Crippen LogP contribution in [0.2, 0.25) is 10.0 Å². The van der Waals surface area contributed by atoms with E-state index in [1.54, 1.807) is 6.92 Å². The van der Waals surface area contributed by atoms with Gasteiger partial charge in [0, 0.05) is 0 Å². The number of rotatable bonds is 8. The second-order valence-electron chi connectivity index (χ2n) is 6.46. The third-order valence-electron chi connectivity index (χ3n) is 4.22. The molecule has 0 aliphatic rings. The number of amides is 1. The van der Waals surface area contributed by atoms with Crippen LogP contribution in [0.1, 0.15) is 24.2 Å². The third-order valence-corrected chi connectivity index (χ3v) is 6.07. The average Bonchev–Trinajstić information content (AvgIpc) is 2.68. The van der Waals surface area contributed by atoms with Gasteiger partial charge in [-0.25, -0.2) is 13.2 Å². The Morgan fingerprint density at radius 1 is 1.13 bits per heavy atom. The molecule has 168 valence electrons. The minimum Gasteiger partial charge on any atom is -0.495 e. The summed E-state index contributed by atoms with van der Waals surface area (Å²) in [4.78, 5) is 24.6. The van der Waals surface area contributed by atoms with E-state index < -0.39 is 27.9 Å². The Bertz CT molecular complexity index is 1090. The Balaban J connectivity index is 2.30. The van der Waals surface area contributed by atoms with Gasteiger partial charge < -0.3 is 14.8 Å². The predicted molar refractivity (Wildman–Crippen MR) is 121 cm³/mol. The normalized spacial score (nSPS) is 12.1. The van der Waals surface area contributed by atoms with Crippen LogP contribution < -0.4 is 14.4 Å². The molecule has 0 fully saturated rings. The predicted octanol–water partition coefficient (Wildman–Crippen LogP) is 3.97. The van der Waals surface area contributed by atoms with E-state index in [4.69, 9.17) is 32.7 Å². The summed E-state index contributed by atoms with van der Waals surface area (Å²) in [5.74, 6) is -0.817. The minimum absolute atomic E-state index is 0.101. The topological polar surface area (TPSA) is 102 Å². The number of ether oxygens (including phenoxy) is 2. The van der Waals surface area contributed by atoms with Crippen molar-refractivity contribution in [1.82, 2.24) is 0 Å². The Kier molecular flexibility index (Phi) is 8.16. The van der Waals surface area contributed by atoms with Crippen molar-refractivity contribution in [3.63, 3.8) is 0 Å². The van der Waals surface area contributed by atoms with E-state index in [1.165, 1.54) is 50.4 Å². The quantitative estimate of drug-likeness (QED) is 0.563. The van der Waals surface area contributed by atoms with Crippen molar-refractivity contribution in [2.75, 3.05) is 29.6 Å². The van der Waals surface area contributed by atoms with E-state index in [0.717, 1.165) is 10.6 Å². The zero-order valence-corrected chi connectivity index (χ0v) is 19.6. The van der Waals surface area contributed by atoms with Crippen molar-refractivity contribution in [2.45, 2.75) is 19.9 Å². The summed E-state index contributed by atoms with van der Waals surface area (Å²) in [7, 11) is -2.41. The van der Waals surface area contributed by atoms with Gasteiger partial charge in [-0.3, -0.25) is 9.10 Å². The van der Waals surface area contributed by atoms with Gasteiger partial charge in [0.15, 0.2) is 0 Å². The highest BCUT2D eigenvalue weighted by Crippen LogP contribution is 2.32. The lowest BCUT2D eigenvalue weighted by molar-refractivity contribution is -0.116. The summed E-state index contributed by atoms with van der Waals surface area (Å²) < 4.78 is 35.8. The van der Waals surface area contributed by atoms with Crippen LogP contribution in [0.15, 0.2) is 36.4 Å². The van der Waals surface area contributed by atoms with Crippen LogP contribution >= 0.6 is 23.2 Å². The van der Waals surface area contributed by atoms with Gasteiger partial charge in [0.05, 0.1) is 47.0 Å². The number of carbonyl (C=O) groups is 2. The van der Waals surface area contributed by atoms with Gasteiger partial charge in [-0.15, -0.1) is 0 Å². The standard InChI is InChI=1S/C20H22Cl2N2O6S/c1-5-30-20(26)13-6-8-17(15(21)10-13)23-19(25)12(2)24(31(4,27)28)14-7-9-18(29-3)16(22)11-14/h6-12H,5H2,1-4H3,(H,23,25)/t12-/m1/s1. The Hall–Kier alpha value is -2.49. The molecular formula is C20H22Cl2N2O6S. The van der Waals surface area contributed by atoms with Crippen LogP contribution in [0.3, 0.4) is 0 Å². The van der Waals surface area contributed by atoms with Gasteiger partial charge in [0.25, 0.3) is 0 Å². The fourth-order valence-electron chi connectivity index (χ4n) is 2.80. The number of carbonyl (C=O) groups excluding carboxylic acids is 2. The lowest BCUT2D eigenvalue weighted by Gasteiger charge is -2.28. The van der Waals surface area contributed by atoms with Crippen molar-refractivity contribution in [3.05, 3.63) is 52.0 Å². The maximum absolute atomic E-state index is 12.8. The van der Waals surface area contributed by atoms with E-state index in [2.05, 4.69) is 5.32 Å². The molecule has 1 amide bonds. The summed E-state index contributed by atoms with van der Waals surface area (Å²) in [5, 5.41) is 2.88. The largest absolute Gasteiger partial charge is 0.495 e. The third kappa shape index (κ3) is 6.03. The van der Waals surface area contributed by atoms with Crippen LogP contribution in [0.25, 0.3) is 0 Å². The molecule has 2 aromatic carbocycles. The number of benzene rings is 2. The Morgan fingerprint density at radius 3 is 2.32 bits per heavy atom. The molecule has 2 rings (SSSR count). The summed E-state index contributed by atoms with van der Waals surface area (Å²) in [6, 6.07) is 7.49. The number of hydrogen-bond acceptors (Lipinski definition) is 6. The van der Waals surface area contributed by atoms with Gasteiger partial charge in [-0.2, -0.15) is 0 Å². The van der Waals surface area contributed by atoms with Crippen molar-refractivity contribution >= 4 is 56.5 Å². The molecule has 0 aromatic heterocycles. The Morgan fingerprint density at radius 2 is 1.81 bits per heavy atom. The van der Waals surface area contributed by atoms with E-state index in [1.807, 2.05) is 0 Å². The molecule has 0 aliphatic carbocycles. The molecule has 0 aliphatic heterocycles. The first kappa shape index (κ1) is 24.8. The number of halogens is 2. The summed E-state index contributed by atoms with van der Waals surface area (Å²) in [6.07, 6.45) is 0.982. The molecule has 0 radical (unpaired) electrons. The number of nitrogens with one attached hydrogen (secondary N) is 1. The van der Waals surface area contributed by atoms with Crippen molar-refractivity contribution in [2.24, 2.45) is 0 Å². The molecule has 0 spiro atoms. The number of anilines is 2. The average molecular weight is 489 g/mol. The van der Waals surface area contributed by atoms with Gasteiger partial charge in [0.2, 0.25) is 15.9 Å². The molecule has 31 heavy (non-hydrogen) atoms. The number of methoxy groups -OCH3 is 1. The number of nitrogens with zero attached hydrogens (tertiary/aromatic N) is 1. The van der Waals surface area contributed by atoms with Gasteiger partial charge >= 0.3 is 5.97 Å². The lowest BCUT2D eigenvalue weighted by Crippen LogP contribution is -2.45. The molecule has 0 bridgehead atoms. The smallest absolute Gasteiger partial charge is 0.338 e. The van der Waals surface area contributed by atoms with E-state index in [0.29, 0.717) is 5.75 Å². The molecule has 0 saturated heterocycles. The molecule has 0 heterocycles. The second kappa shape index (κ2) is 10.2. The van der Waals surface area contributed by atoms with Gasteiger partial charge in [0.1, 0.15) is 11.8 Å². The van der Waals surface area contributed by atoms with E-state index >= 15 is 0 Å². The summed E-state index contributed by atoms with van der Waals surface area (Å²) in [5.41, 5.74) is 0.635. The monoisotopic (exact) mass is 488 g/mol. The molecule has 1 atom stereocenters. The van der Waals surface area contributed by atoms with E-state index in [9.17, 15) is 18.0 Å². The van der Waals surface area contributed by atoms with Crippen molar-refractivity contribution in [1.29, 1.82) is 0 Å². The molecule has 0 saturated carbocycles. The van der Waals surface area contributed by atoms with Crippen LogP contribution in [-0.4, -0.2) is 46.3 Å². The highest BCUT2D eigenvalue weighted by Gasteiger charge is 2.30. The van der Waals surface area contributed by atoms with Crippen LogP contribution in [-0.2, 0) is 19.6 Å². The molecule has 11 heteroatoms. The van der Waals surface area contributed by atoms with Gasteiger partial charge in [-0.05, 0) is 50.2 Å². The molecule has 2 aromatic rings. The fraction of sp³-hybridized carbons (Fsp3) is 0.300. The van der Waals surface area contributed by atoms with Crippen LogP contribution in [0.5, 0.6) is 5.75 Å². The number of sulfonamides is 1. The second-order valence-corrected chi connectivity index (χ2v) is 9.13. The van der Waals surface area contributed by atoms with Crippen molar-refractivity contribution in [3.8, 4) is 5.75 Å². The molecular weight excluding hydrogens is 467 g/mol. The zero-order valence-electron chi connectivity index (χ0n) is 17.3. The maximum Gasteiger partial charge on any atom is 0.338 e. The zero-order chi connectivity index (χ0) is 23.3. The maximum atomic E-state index is 12.8. The van der Waals surface area contributed by atoms with Crippen LogP contribution in [0, 0.1) is 0 Å². The number of hydrogen-bond donors (Lipinski definition) is 1. The van der Waals surface area contributed by atoms with Gasteiger partial charge in [-0.1, -0.05) is 23.2 Å². The van der Waals surface area contributed by atoms with Crippen LogP contribution in [0.4, 0.5) is 11.4 Å². The number of esters is 1. The highest BCUT2D eigenvalue weighted by molar-refractivity contribution is 7.92. The highest BCUT2D eigenvalue weighted by atomic mass is 35.5. The summed E-state index contributed by atoms with van der Waals surface area (Å²) >= 11 is 12.3. The summed E-state index contributed by atoms with van der Waals surface area (Å²) in [6.45, 7) is 3.32. The van der Waals surface area contributed by atoms with Crippen molar-refractivity contribution < 1.29 is 27.5 Å². The first-order valence-corrected chi connectivity index (χ1v) is 11.7. The molecule has 0 unspecified atom stereocenters. The SMILES string of the molecule is CCOC(=O)c1ccc(NC(=O)[C@@H](C)N(c2ccc(OC)c(Cl)c2)S(C)(=O)=O)c(Cl)c1. The molecule has 8 nitrogen and oxygen atoms in total.